The van der Waals surface area contributed by atoms with Crippen molar-refractivity contribution in [2.24, 2.45) is 0 Å². The van der Waals surface area contributed by atoms with Crippen LogP contribution in [0.15, 0.2) is 42.5 Å². The molecule has 0 radical (unpaired) electrons. The molecule has 0 amide bonds. The van der Waals surface area contributed by atoms with Crippen LogP contribution in [0.3, 0.4) is 0 Å². The number of halogens is 4. The van der Waals surface area contributed by atoms with Crippen LogP contribution in [-0.4, -0.2) is 14.9 Å². The Kier molecular flexibility index (Phi) is 5.94. The number of hydrogen-bond acceptors (Lipinski definition) is 2. The predicted molar refractivity (Wildman–Crippen MR) is 109 cm³/mol. The van der Waals surface area contributed by atoms with Crippen LogP contribution in [0.4, 0.5) is 20.3 Å². The molecule has 0 aliphatic heterocycles. The van der Waals surface area contributed by atoms with E-state index in [1.165, 1.54) is 24.3 Å². The maximum atomic E-state index is 14.0. The first-order chi connectivity index (χ1) is 12.8. The summed E-state index contributed by atoms with van der Waals surface area (Å²) in [5.74, 6) is -0.426. The Bertz CT molecular complexity index is 987. The van der Waals surface area contributed by atoms with E-state index in [0.717, 1.165) is 5.69 Å². The van der Waals surface area contributed by atoms with Crippen LogP contribution in [-0.2, 0) is 6.54 Å². The maximum absolute atomic E-state index is 14.0. The van der Waals surface area contributed by atoms with E-state index in [1.54, 1.807) is 22.9 Å². The Morgan fingerprint density at radius 3 is 2.56 bits per heavy atom. The number of benzene rings is 2. The van der Waals surface area contributed by atoms with E-state index in [-0.39, 0.29) is 16.7 Å². The summed E-state index contributed by atoms with van der Waals surface area (Å²) in [4.78, 5) is 0. The Hall–Kier alpha value is -2.22. The van der Waals surface area contributed by atoms with Crippen LogP contribution < -0.4 is 10.6 Å². The molecule has 140 valence electrons. The molecule has 1 aromatic heterocycles. The number of rotatable bonds is 4. The van der Waals surface area contributed by atoms with Gasteiger partial charge in [-0.25, -0.2) is 8.78 Å². The monoisotopic (exact) mass is 426 g/mol. The molecule has 0 aliphatic rings. The van der Waals surface area contributed by atoms with Crippen molar-refractivity contribution in [3.05, 3.63) is 75.4 Å². The van der Waals surface area contributed by atoms with Crippen molar-refractivity contribution in [2.75, 3.05) is 10.6 Å². The zero-order valence-corrected chi connectivity index (χ0v) is 16.4. The minimum atomic E-state index is -0.512. The van der Waals surface area contributed by atoms with Crippen molar-refractivity contribution in [3.8, 4) is 0 Å². The smallest absolute Gasteiger partial charge is 0.176 e. The summed E-state index contributed by atoms with van der Waals surface area (Å²) in [5.41, 5.74) is 1.69. The number of hydrogen-bond donors (Lipinski definition) is 2. The molecule has 0 aliphatic carbocycles. The third kappa shape index (κ3) is 4.74. The molecule has 2 aromatic carbocycles. The van der Waals surface area contributed by atoms with Gasteiger partial charge in [-0.2, -0.15) is 5.10 Å². The van der Waals surface area contributed by atoms with Gasteiger partial charge in [0.2, 0.25) is 0 Å². The second-order valence-corrected chi connectivity index (χ2v) is 6.96. The summed E-state index contributed by atoms with van der Waals surface area (Å²) in [5, 5.41) is 10.8. The van der Waals surface area contributed by atoms with Gasteiger partial charge in [0, 0.05) is 28.0 Å². The first-order valence-electron chi connectivity index (χ1n) is 7.84. The van der Waals surface area contributed by atoms with E-state index in [0.29, 0.717) is 22.1 Å². The Morgan fingerprint density at radius 1 is 1.07 bits per heavy atom. The lowest BCUT2D eigenvalue weighted by Crippen LogP contribution is -2.19. The molecule has 0 unspecified atom stereocenters. The van der Waals surface area contributed by atoms with Gasteiger partial charge in [0.25, 0.3) is 0 Å². The summed E-state index contributed by atoms with van der Waals surface area (Å²) in [6.45, 7) is 2.02. The molecule has 1 heterocycles. The van der Waals surface area contributed by atoms with Crippen molar-refractivity contribution >= 4 is 52.0 Å². The number of aryl methyl sites for hydroxylation is 1. The summed E-state index contributed by atoms with van der Waals surface area (Å²) >= 11 is 17.0. The third-order valence-corrected chi connectivity index (χ3v) is 4.62. The van der Waals surface area contributed by atoms with Crippen molar-refractivity contribution < 1.29 is 8.78 Å². The lowest BCUT2D eigenvalue weighted by molar-refractivity contribution is 0.581. The zero-order chi connectivity index (χ0) is 19.6. The van der Waals surface area contributed by atoms with Gasteiger partial charge in [0.1, 0.15) is 11.6 Å². The van der Waals surface area contributed by atoms with E-state index in [9.17, 15) is 8.78 Å². The molecule has 0 bridgehead atoms. The topological polar surface area (TPSA) is 41.9 Å². The molecule has 0 atom stereocenters. The summed E-state index contributed by atoms with van der Waals surface area (Å²) in [7, 11) is 0. The third-order valence-electron chi connectivity index (χ3n) is 3.77. The summed E-state index contributed by atoms with van der Waals surface area (Å²) in [6.07, 6.45) is 0. The van der Waals surface area contributed by atoms with Gasteiger partial charge < -0.3 is 10.6 Å². The fraction of sp³-hybridized carbons (Fsp3) is 0.111. The molecule has 3 rings (SSSR count). The molecular formula is C18H14Cl2F2N4S. The molecule has 0 spiro atoms. The Morgan fingerprint density at radius 2 is 1.85 bits per heavy atom. The highest BCUT2D eigenvalue weighted by molar-refractivity contribution is 7.80. The fourth-order valence-corrected chi connectivity index (χ4v) is 3.04. The number of anilines is 2. The first kappa shape index (κ1) is 19.5. The van der Waals surface area contributed by atoms with Gasteiger partial charge in [-0.1, -0.05) is 29.3 Å². The van der Waals surface area contributed by atoms with Gasteiger partial charge in [-0.3, -0.25) is 4.68 Å². The minimum absolute atomic E-state index is 0.00955. The SMILES string of the molecule is Cc1cc(NC(=S)Nc2ccc(F)c(Cl)c2)nn1Cc1c(F)cccc1Cl. The molecule has 27 heavy (non-hydrogen) atoms. The number of nitrogens with one attached hydrogen (secondary N) is 2. The average molecular weight is 427 g/mol. The van der Waals surface area contributed by atoms with Crippen LogP contribution in [0.2, 0.25) is 10.0 Å². The molecular weight excluding hydrogens is 413 g/mol. The van der Waals surface area contributed by atoms with Gasteiger partial charge in [0.05, 0.1) is 11.6 Å². The summed E-state index contributed by atoms with van der Waals surface area (Å²) in [6, 6.07) is 10.5. The molecule has 4 nitrogen and oxygen atoms in total. The molecule has 9 heteroatoms. The van der Waals surface area contributed by atoms with Gasteiger partial charge in [-0.05, 0) is 49.5 Å². The lowest BCUT2D eigenvalue weighted by atomic mass is 10.2. The normalized spacial score (nSPS) is 10.7. The quantitative estimate of drug-likeness (QED) is 0.530. The second-order valence-electron chi connectivity index (χ2n) is 5.74. The van der Waals surface area contributed by atoms with Crippen molar-refractivity contribution in [3.63, 3.8) is 0 Å². The van der Waals surface area contributed by atoms with Crippen molar-refractivity contribution in [1.82, 2.24) is 9.78 Å². The van der Waals surface area contributed by atoms with Crippen LogP contribution in [0.5, 0.6) is 0 Å². The summed E-state index contributed by atoms with van der Waals surface area (Å²) < 4.78 is 28.8. The standard InChI is InChI=1S/C18H14Cl2F2N4S/c1-10-7-17(24-18(27)23-11-5-6-16(22)14(20)8-11)25-26(10)9-12-13(19)3-2-4-15(12)21/h2-8H,9H2,1H3,(H2,23,24,25,27). The molecule has 3 aromatic rings. The molecule has 0 saturated carbocycles. The largest absolute Gasteiger partial charge is 0.332 e. The van der Waals surface area contributed by atoms with Crippen LogP contribution >= 0.6 is 35.4 Å². The second kappa shape index (κ2) is 8.21. The van der Waals surface area contributed by atoms with Gasteiger partial charge >= 0.3 is 0 Å². The highest BCUT2D eigenvalue weighted by Gasteiger charge is 2.12. The van der Waals surface area contributed by atoms with Gasteiger partial charge in [0.15, 0.2) is 10.9 Å². The Balaban J connectivity index is 1.70. The van der Waals surface area contributed by atoms with Gasteiger partial charge in [-0.15, -0.1) is 0 Å². The zero-order valence-electron chi connectivity index (χ0n) is 14.1. The first-order valence-corrected chi connectivity index (χ1v) is 9.00. The number of nitrogens with zero attached hydrogens (tertiary/aromatic N) is 2. The highest BCUT2D eigenvalue weighted by atomic mass is 35.5. The molecule has 0 fully saturated rings. The average Bonchev–Trinajstić information content (AvgIpc) is 2.93. The van der Waals surface area contributed by atoms with E-state index < -0.39 is 11.6 Å². The van der Waals surface area contributed by atoms with E-state index in [1.807, 2.05) is 6.92 Å². The van der Waals surface area contributed by atoms with E-state index in [4.69, 9.17) is 35.4 Å². The maximum Gasteiger partial charge on any atom is 0.176 e. The highest BCUT2D eigenvalue weighted by Crippen LogP contribution is 2.22. The van der Waals surface area contributed by atoms with Crippen LogP contribution in [0.1, 0.15) is 11.3 Å². The van der Waals surface area contributed by atoms with Crippen molar-refractivity contribution in [1.29, 1.82) is 0 Å². The van der Waals surface area contributed by atoms with E-state index >= 15 is 0 Å². The molecule has 0 saturated heterocycles. The minimum Gasteiger partial charge on any atom is -0.332 e. The number of aromatic nitrogens is 2. The number of thiocarbonyl (C=S) groups is 1. The lowest BCUT2D eigenvalue weighted by Gasteiger charge is -2.09. The fourth-order valence-electron chi connectivity index (χ4n) is 2.42. The molecule has 2 N–H and O–H groups in total. The van der Waals surface area contributed by atoms with Crippen LogP contribution in [0.25, 0.3) is 0 Å². The van der Waals surface area contributed by atoms with Crippen molar-refractivity contribution in [2.45, 2.75) is 13.5 Å². The Labute approximate surface area is 170 Å². The van der Waals surface area contributed by atoms with Crippen LogP contribution in [0, 0.1) is 18.6 Å². The predicted octanol–water partition coefficient (Wildman–Crippen LogP) is 5.63. The van der Waals surface area contributed by atoms with E-state index in [2.05, 4.69) is 15.7 Å².